The summed E-state index contributed by atoms with van der Waals surface area (Å²) in [5.74, 6) is 0.526. The molecule has 3 N–H and O–H groups in total. The number of hydrogen-bond acceptors (Lipinski definition) is 4. The van der Waals surface area contributed by atoms with Gasteiger partial charge in [0.05, 0.1) is 21.0 Å². The minimum absolute atomic E-state index is 0.00590. The third-order valence-electron chi connectivity index (χ3n) is 2.92. The molecule has 100 valence electrons. The first-order valence-electron chi connectivity index (χ1n) is 5.74. The fourth-order valence-electron chi connectivity index (χ4n) is 1.96. The SMILES string of the molecule is Nc1ccc(Cl)c(-c2nc3ccc([N+](=O)[O-])cc3[nH]2)c1. The van der Waals surface area contributed by atoms with Crippen LogP contribution in [-0.4, -0.2) is 14.9 Å². The Morgan fingerprint density at radius 1 is 1.25 bits per heavy atom. The summed E-state index contributed by atoms with van der Waals surface area (Å²) in [4.78, 5) is 17.7. The Balaban J connectivity index is 2.17. The van der Waals surface area contributed by atoms with Gasteiger partial charge in [0.15, 0.2) is 0 Å². The molecule has 0 amide bonds. The highest BCUT2D eigenvalue weighted by molar-refractivity contribution is 6.33. The molecule has 0 saturated carbocycles. The van der Waals surface area contributed by atoms with Crippen LogP contribution in [0.5, 0.6) is 0 Å². The van der Waals surface area contributed by atoms with Gasteiger partial charge < -0.3 is 10.7 Å². The first kappa shape index (κ1) is 12.4. The van der Waals surface area contributed by atoms with Crippen molar-refractivity contribution in [2.45, 2.75) is 0 Å². The van der Waals surface area contributed by atoms with E-state index in [1.54, 1.807) is 24.3 Å². The van der Waals surface area contributed by atoms with Gasteiger partial charge in [0.2, 0.25) is 0 Å². The topological polar surface area (TPSA) is 97.8 Å². The highest BCUT2D eigenvalue weighted by atomic mass is 35.5. The molecule has 2 aromatic carbocycles. The summed E-state index contributed by atoms with van der Waals surface area (Å²) in [6, 6.07) is 9.52. The number of fused-ring (bicyclic) bond motifs is 1. The first-order valence-corrected chi connectivity index (χ1v) is 6.12. The summed E-state index contributed by atoms with van der Waals surface area (Å²) in [5.41, 5.74) is 8.17. The van der Waals surface area contributed by atoms with Crippen LogP contribution in [0.25, 0.3) is 22.4 Å². The highest BCUT2D eigenvalue weighted by Gasteiger charge is 2.12. The molecule has 0 unspecified atom stereocenters. The lowest BCUT2D eigenvalue weighted by Gasteiger charge is -2.01. The van der Waals surface area contributed by atoms with Crippen LogP contribution in [0.2, 0.25) is 5.02 Å². The van der Waals surface area contributed by atoms with Crippen molar-refractivity contribution in [2.24, 2.45) is 0 Å². The lowest BCUT2D eigenvalue weighted by Crippen LogP contribution is -1.88. The van der Waals surface area contributed by atoms with Crippen molar-refractivity contribution in [2.75, 3.05) is 5.73 Å². The third-order valence-corrected chi connectivity index (χ3v) is 3.25. The van der Waals surface area contributed by atoms with Crippen molar-refractivity contribution in [3.63, 3.8) is 0 Å². The third kappa shape index (κ3) is 2.06. The summed E-state index contributed by atoms with van der Waals surface area (Å²) in [5, 5.41) is 11.3. The summed E-state index contributed by atoms with van der Waals surface area (Å²) in [6.07, 6.45) is 0. The Labute approximate surface area is 118 Å². The normalized spacial score (nSPS) is 10.8. The molecule has 0 saturated heterocycles. The molecule has 3 rings (SSSR count). The van der Waals surface area contributed by atoms with E-state index in [9.17, 15) is 10.1 Å². The van der Waals surface area contributed by atoms with Gasteiger partial charge in [0.1, 0.15) is 5.82 Å². The maximum absolute atomic E-state index is 10.8. The zero-order chi connectivity index (χ0) is 14.3. The lowest BCUT2D eigenvalue weighted by atomic mass is 10.2. The average molecular weight is 289 g/mol. The molecule has 0 bridgehead atoms. The molecular formula is C13H9ClN4O2. The van der Waals surface area contributed by atoms with Crippen LogP contribution in [-0.2, 0) is 0 Å². The molecule has 0 radical (unpaired) electrons. The predicted octanol–water partition coefficient (Wildman–Crippen LogP) is 3.37. The van der Waals surface area contributed by atoms with Gasteiger partial charge in [-0.2, -0.15) is 0 Å². The van der Waals surface area contributed by atoms with Crippen LogP contribution in [0.4, 0.5) is 11.4 Å². The maximum Gasteiger partial charge on any atom is 0.271 e. The average Bonchev–Trinajstić information content (AvgIpc) is 2.83. The van der Waals surface area contributed by atoms with Gasteiger partial charge in [-0.3, -0.25) is 10.1 Å². The number of halogens is 1. The Hall–Kier alpha value is -2.60. The number of H-pyrrole nitrogens is 1. The molecule has 0 spiro atoms. The second kappa shape index (κ2) is 4.50. The summed E-state index contributed by atoms with van der Waals surface area (Å²) in [7, 11) is 0. The van der Waals surface area contributed by atoms with E-state index >= 15 is 0 Å². The second-order valence-electron chi connectivity index (χ2n) is 4.28. The minimum Gasteiger partial charge on any atom is -0.399 e. The molecule has 1 heterocycles. The number of aromatic nitrogens is 2. The number of nitrogens with two attached hydrogens (primary N) is 1. The lowest BCUT2D eigenvalue weighted by molar-refractivity contribution is -0.384. The van der Waals surface area contributed by atoms with E-state index in [-0.39, 0.29) is 5.69 Å². The molecule has 0 aliphatic carbocycles. The van der Waals surface area contributed by atoms with E-state index in [2.05, 4.69) is 9.97 Å². The van der Waals surface area contributed by atoms with Gasteiger partial charge in [-0.05, 0) is 24.3 Å². The molecule has 7 heteroatoms. The smallest absolute Gasteiger partial charge is 0.271 e. The standard InChI is InChI=1S/C13H9ClN4O2/c14-10-3-1-7(15)5-9(10)13-16-11-4-2-8(18(19)20)6-12(11)17-13/h1-6H,15H2,(H,16,17). The fraction of sp³-hybridized carbons (Fsp3) is 0. The van der Waals surface area contributed by atoms with Gasteiger partial charge in [0.25, 0.3) is 5.69 Å². The maximum atomic E-state index is 10.8. The van der Waals surface area contributed by atoms with E-state index in [1.807, 2.05) is 0 Å². The number of hydrogen-bond donors (Lipinski definition) is 2. The molecule has 0 fully saturated rings. The second-order valence-corrected chi connectivity index (χ2v) is 4.69. The Morgan fingerprint density at radius 2 is 2.05 bits per heavy atom. The Kier molecular flexibility index (Phi) is 2.80. The highest BCUT2D eigenvalue weighted by Crippen LogP contribution is 2.30. The molecule has 1 aromatic heterocycles. The van der Waals surface area contributed by atoms with Gasteiger partial charge in [0, 0.05) is 23.4 Å². The van der Waals surface area contributed by atoms with E-state index in [1.165, 1.54) is 12.1 Å². The number of benzene rings is 2. The first-order chi connectivity index (χ1) is 9.54. The molecule has 3 aromatic rings. The number of nitrogens with zero attached hydrogens (tertiary/aromatic N) is 2. The molecule has 0 aliphatic heterocycles. The molecule has 20 heavy (non-hydrogen) atoms. The van der Waals surface area contributed by atoms with Crippen molar-refractivity contribution >= 4 is 34.0 Å². The van der Waals surface area contributed by atoms with E-state index in [4.69, 9.17) is 17.3 Å². The van der Waals surface area contributed by atoms with Crippen LogP contribution in [0, 0.1) is 10.1 Å². The number of non-ortho nitro benzene ring substituents is 1. The number of anilines is 1. The van der Waals surface area contributed by atoms with Crippen LogP contribution in [0.3, 0.4) is 0 Å². The number of aromatic amines is 1. The van der Waals surface area contributed by atoms with E-state index in [0.717, 1.165) is 0 Å². The largest absolute Gasteiger partial charge is 0.399 e. The van der Waals surface area contributed by atoms with Crippen LogP contribution < -0.4 is 5.73 Å². The number of nitro groups is 1. The monoisotopic (exact) mass is 288 g/mol. The quantitative estimate of drug-likeness (QED) is 0.429. The van der Waals surface area contributed by atoms with Crippen LogP contribution in [0.1, 0.15) is 0 Å². The Morgan fingerprint density at radius 3 is 2.80 bits per heavy atom. The zero-order valence-electron chi connectivity index (χ0n) is 10.1. The zero-order valence-corrected chi connectivity index (χ0v) is 10.9. The van der Waals surface area contributed by atoms with E-state index in [0.29, 0.717) is 33.1 Å². The molecule has 0 aliphatic rings. The van der Waals surface area contributed by atoms with Crippen molar-refractivity contribution in [3.05, 3.63) is 51.5 Å². The number of nitro benzene ring substituents is 1. The van der Waals surface area contributed by atoms with Gasteiger partial charge >= 0.3 is 0 Å². The summed E-state index contributed by atoms with van der Waals surface area (Å²) >= 11 is 6.12. The van der Waals surface area contributed by atoms with Crippen LogP contribution >= 0.6 is 11.6 Å². The van der Waals surface area contributed by atoms with Crippen LogP contribution in [0.15, 0.2) is 36.4 Å². The molecule has 0 atom stereocenters. The Bertz CT molecular complexity index is 828. The number of nitrogens with one attached hydrogen (secondary N) is 1. The number of rotatable bonds is 2. The van der Waals surface area contributed by atoms with Gasteiger partial charge in [-0.15, -0.1) is 0 Å². The number of imidazole rings is 1. The summed E-state index contributed by atoms with van der Waals surface area (Å²) < 4.78 is 0. The van der Waals surface area contributed by atoms with Gasteiger partial charge in [-0.25, -0.2) is 4.98 Å². The van der Waals surface area contributed by atoms with Gasteiger partial charge in [-0.1, -0.05) is 11.6 Å². The van der Waals surface area contributed by atoms with Crippen molar-refractivity contribution in [1.29, 1.82) is 0 Å². The predicted molar refractivity (Wildman–Crippen MR) is 77.6 cm³/mol. The van der Waals surface area contributed by atoms with Crippen molar-refractivity contribution < 1.29 is 4.92 Å². The fourth-order valence-corrected chi connectivity index (χ4v) is 2.17. The van der Waals surface area contributed by atoms with E-state index < -0.39 is 4.92 Å². The van der Waals surface area contributed by atoms with Crippen molar-refractivity contribution in [1.82, 2.24) is 9.97 Å². The number of nitrogen functional groups attached to an aromatic ring is 1. The summed E-state index contributed by atoms with van der Waals surface area (Å²) in [6.45, 7) is 0. The minimum atomic E-state index is -0.451. The van der Waals surface area contributed by atoms with Crippen molar-refractivity contribution in [3.8, 4) is 11.4 Å². The molecular weight excluding hydrogens is 280 g/mol. The molecule has 6 nitrogen and oxygen atoms in total.